The van der Waals surface area contributed by atoms with Gasteiger partial charge in [-0.1, -0.05) is 48.5 Å². The van der Waals surface area contributed by atoms with Crippen molar-refractivity contribution < 1.29 is 4.79 Å². The van der Waals surface area contributed by atoms with E-state index in [1.54, 1.807) is 0 Å². The van der Waals surface area contributed by atoms with Crippen LogP contribution in [0.1, 0.15) is 33.0 Å². The lowest BCUT2D eigenvalue weighted by Crippen LogP contribution is -2.29. The standard InChI is InChI=1S/C26H27N3O/c1-18-8-4-5-9-21(18)26(30)28-16-23(19-12-14-20(15-13-19)29(2)3)24-17-27-25-11-7-6-10-22(24)25/h4-15,17,23,27H,16H2,1-3H3,(H,28,30)/t23-/m0/s1. The first-order valence-electron chi connectivity index (χ1n) is 10.2. The highest BCUT2D eigenvalue weighted by Gasteiger charge is 2.20. The van der Waals surface area contributed by atoms with Crippen LogP contribution in [0.5, 0.6) is 0 Å². The van der Waals surface area contributed by atoms with Gasteiger partial charge in [-0.3, -0.25) is 4.79 Å². The minimum atomic E-state index is -0.0390. The number of aromatic amines is 1. The van der Waals surface area contributed by atoms with Crippen molar-refractivity contribution in [3.8, 4) is 0 Å². The van der Waals surface area contributed by atoms with Gasteiger partial charge in [0.15, 0.2) is 0 Å². The molecule has 1 amide bonds. The highest BCUT2D eigenvalue weighted by Crippen LogP contribution is 2.31. The smallest absolute Gasteiger partial charge is 0.251 e. The Hall–Kier alpha value is -3.53. The van der Waals surface area contributed by atoms with E-state index >= 15 is 0 Å². The second-order valence-electron chi connectivity index (χ2n) is 7.85. The lowest BCUT2D eigenvalue weighted by molar-refractivity contribution is 0.0952. The molecule has 0 saturated heterocycles. The molecule has 1 heterocycles. The van der Waals surface area contributed by atoms with E-state index in [9.17, 15) is 4.79 Å². The van der Waals surface area contributed by atoms with Gasteiger partial charge in [0.1, 0.15) is 0 Å². The molecule has 4 heteroatoms. The Morgan fingerprint density at radius 3 is 2.40 bits per heavy atom. The minimum absolute atomic E-state index is 0.0390. The zero-order valence-electron chi connectivity index (χ0n) is 17.6. The molecule has 1 atom stereocenters. The summed E-state index contributed by atoms with van der Waals surface area (Å²) in [4.78, 5) is 18.3. The molecule has 0 bridgehead atoms. The number of aryl methyl sites for hydroxylation is 1. The fourth-order valence-corrected chi connectivity index (χ4v) is 3.91. The SMILES string of the molecule is Cc1ccccc1C(=O)NC[C@@H](c1ccc(N(C)C)cc1)c1c[nH]c2ccccc12. The molecule has 0 spiro atoms. The topological polar surface area (TPSA) is 48.1 Å². The number of H-pyrrole nitrogens is 1. The Balaban J connectivity index is 1.67. The lowest BCUT2D eigenvalue weighted by Gasteiger charge is -2.20. The van der Waals surface area contributed by atoms with Gasteiger partial charge < -0.3 is 15.2 Å². The van der Waals surface area contributed by atoms with E-state index in [2.05, 4.69) is 63.9 Å². The summed E-state index contributed by atoms with van der Waals surface area (Å²) in [7, 11) is 4.07. The van der Waals surface area contributed by atoms with Crippen molar-refractivity contribution in [1.82, 2.24) is 10.3 Å². The molecule has 152 valence electrons. The Bertz CT molecular complexity index is 1160. The molecule has 2 N–H and O–H groups in total. The Labute approximate surface area is 177 Å². The average molecular weight is 398 g/mol. The van der Waals surface area contributed by atoms with E-state index in [1.165, 1.54) is 16.5 Å². The highest BCUT2D eigenvalue weighted by atomic mass is 16.1. The van der Waals surface area contributed by atoms with Crippen LogP contribution >= 0.6 is 0 Å². The molecule has 0 aliphatic rings. The molecule has 4 nitrogen and oxygen atoms in total. The van der Waals surface area contributed by atoms with Gasteiger partial charge in [0.05, 0.1) is 0 Å². The van der Waals surface area contributed by atoms with E-state index < -0.39 is 0 Å². The second kappa shape index (κ2) is 8.46. The first kappa shape index (κ1) is 19.8. The van der Waals surface area contributed by atoms with Crippen LogP contribution < -0.4 is 10.2 Å². The number of hydrogen-bond donors (Lipinski definition) is 2. The number of nitrogens with one attached hydrogen (secondary N) is 2. The van der Waals surface area contributed by atoms with Gasteiger partial charge in [0.2, 0.25) is 0 Å². The minimum Gasteiger partial charge on any atom is -0.378 e. The number of aromatic nitrogens is 1. The molecule has 4 aromatic rings. The predicted octanol–water partition coefficient (Wildman–Crippen LogP) is 5.10. The van der Waals surface area contributed by atoms with Crippen LogP contribution in [0.15, 0.2) is 79.0 Å². The molecule has 30 heavy (non-hydrogen) atoms. The van der Waals surface area contributed by atoms with E-state index in [0.29, 0.717) is 6.54 Å². The number of anilines is 1. The monoisotopic (exact) mass is 397 g/mol. The van der Waals surface area contributed by atoms with Crippen molar-refractivity contribution in [2.24, 2.45) is 0 Å². The van der Waals surface area contributed by atoms with Gasteiger partial charge in [-0.15, -0.1) is 0 Å². The number of carbonyl (C=O) groups excluding carboxylic acids is 1. The van der Waals surface area contributed by atoms with E-state index in [1.807, 2.05) is 51.4 Å². The van der Waals surface area contributed by atoms with Crippen LogP contribution in [-0.4, -0.2) is 31.5 Å². The molecular formula is C26H27N3O. The molecule has 3 aromatic carbocycles. The fourth-order valence-electron chi connectivity index (χ4n) is 3.91. The van der Waals surface area contributed by atoms with Crippen LogP contribution in [0.2, 0.25) is 0 Å². The van der Waals surface area contributed by atoms with Gasteiger partial charge in [0, 0.05) is 54.9 Å². The van der Waals surface area contributed by atoms with Crippen LogP contribution in [0.4, 0.5) is 5.69 Å². The number of amides is 1. The third-order valence-electron chi connectivity index (χ3n) is 5.66. The van der Waals surface area contributed by atoms with E-state index in [4.69, 9.17) is 0 Å². The summed E-state index contributed by atoms with van der Waals surface area (Å²) in [5, 5.41) is 4.35. The highest BCUT2D eigenvalue weighted by molar-refractivity contribution is 5.95. The number of fused-ring (bicyclic) bond motifs is 1. The maximum atomic E-state index is 12.9. The molecular weight excluding hydrogens is 370 g/mol. The number of rotatable bonds is 6. The number of nitrogens with zero attached hydrogens (tertiary/aromatic N) is 1. The number of para-hydroxylation sites is 1. The first-order chi connectivity index (χ1) is 14.5. The van der Waals surface area contributed by atoms with Crippen LogP contribution in [0, 0.1) is 6.92 Å². The van der Waals surface area contributed by atoms with E-state index in [0.717, 1.165) is 22.3 Å². The third kappa shape index (κ3) is 3.94. The normalized spacial score (nSPS) is 12.0. The molecule has 1 aromatic heterocycles. The molecule has 0 fully saturated rings. The lowest BCUT2D eigenvalue weighted by atomic mass is 9.90. The van der Waals surface area contributed by atoms with Crippen LogP contribution in [-0.2, 0) is 0 Å². The Morgan fingerprint density at radius 1 is 0.967 bits per heavy atom. The van der Waals surface area contributed by atoms with Crippen LogP contribution in [0.25, 0.3) is 10.9 Å². The van der Waals surface area contributed by atoms with Crippen molar-refractivity contribution in [3.05, 3.63) is 101 Å². The largest absolute Gasteiger partial charge is 0.378 e. The molecule has 0 saturated carbocycles. The van der Waals surface area contributed by atoms with Gasteiger partial charge >= 0.3 is 0 Å². The summed E-state index contributed by atoms with van der Waals surface area (Å²) in [6.45, 7) is 2.49. The van der Waals surface area contributed by atoms with Crippen molar-refractivity contribution >= 4 is 22.5 Å². The summed E-state index contributed by atoms with van der Waals surface area (Å²) in [5.74, 6) is 0.00758. The average Bonchev–Trinajstić information content (AvgIpc) is 3.18. The summed E-state index contributed by atoms with van der Waals surface area (Å²) >= 11 is 0. The summed E-state index contributed by atoms with van der Waals surface area (Å²) in [5.41, 5.74) is 6.32. The molecule has 0 aliphatic heterocycles. The van der Waals surface area contributed by atoms with Crippen LogP contribution in [0.3, 0.4) is 0 Å². The van der Waals surface area contributed by atoms with Crippen molar-refractivity contribution in [2.75, 3.05) is 25.5 Å². The van der Waals surface area contributed by atoms with Crippen molar-refractivity contribution in [1.29, 1.82) is 0 Å². The summed E-state index contributed by atoms with van der Waals surface area (Å²) in [6.07, 6.45) is 2.06. The third-order valence-corrected chi connectivity index (χ3v) is 5.66. The molecule has 0 unspecified atom stereocenters. The maximum Gasteiger partial charge on any atom is 0.251 e. The van der Waals surface area contributed by atoms with Crippen molar-refractivity contribution in [3.63, 3.8) is 0 Å². The zero-order valence-corrected chi connectivity index (χ0v) is 17.6. The quantitative estimate of drug-likeness (QED) is 0.475. The molecule has 0 radical (unpaired) electrons. The molecule has 0 aliphatic carbocycles. The number of benzene rings is 3. The zero-order chi connectivity index (χ0) is 21.1. The van der Waals surface area contributed by atoms with Gasteiger partial charge in [0.25, 0.3) is 5.91 Å². The van der Waals surface area contributed by atoms with E-state index in [-0.39, 0.29) is 11.8 Å². The number of carbonyl (C=O) groups is 1. The Morgan fingerprint density at radius 2 is 1.67 bits per heavy atom. The van der Waals surface area contributed by atoms with Gasteiger partial charge in [-0.2, -0.15) is 0 Å². The predicted molar refractivity (Wildman–Crippen MR) is 124 cm³/mol. The number of hydrogen-bond acceptors (Lipinski definition) is 2. The summed E-state index contributed by atoms with van der Waals surface area (Å²) < 4.78 is 0. The van der Waals surface area contributed by atoms with Gasteiger partial charge in [-0.05, 0) is 47.9 Å². The maximum absolute atomic E-state index is 12.9. The summed E-state index contributed by atoms with van der Waals surface area (Å²) in [6, 6.07) is 24.5. The molecule has 4 rings (SSSR count). The van der Waals surface area contributed by atoms with Crippen molar-refractivity contribution in [2.45, 2.75) is 12.8 Å². The second-order valence-corrected chi connectivity index (χ2v) is 7.85. The van der Waals surface area contributed by atoms with Gasteiger partial charge in [-0.25, -0.2) is 0 Å². The fraction of sp³-hybridized carbons (Fsp3) is 0.192. The Kier molecular flexibility index (Phi) is 5.57. The first-order valence-corrected chi connectivity index (χ1v) is 10.2.